The number of nitrogens with zero attached hydrogens (tertiary/aromatic N) is 1. The molecule has 0 saturated carbocycles. The molecule has 0 radical (unpaired) electrons. The van der Waals surface area contributed by atoms with Crippen molar-refractivity contribution in [3.05, 3.63) is 60.2 Å². The number of hydrogen-bond donors (Lipinski definition) is 1. The molecule has 9 heteroatoms. The van der Waals surface area contributed by atoms with Crippen molar-refractivity contribution in [2.24, 2.45) is 11.7 Å². The van der Waals surface area contributed by atoms with Crippen molar-refractivity contribution in [2.45, 2.75) is 23.8 Å². The largest absolute Gasteiger partial charge is 0.490 e. The minimum Gasteiger partial charge on any atom is -0.490 e. The molecule has 1 aliphatic rings. The number of amides is 1. The van der Waals surface area contributed by atoms with Crippen LogP contribution in [-0.4, -0.2) is 37.8 Å². The highest BCUT2D eigenvalue weighted by atomic mass is 32.2. The van der Waals surface area contributed by atoms with Gasteiger partial charge >= 0.3 is 0 Å². The number of halogens is 2. The molecule has 0 unspecified atom stereocenters. The Morgan fingerprint density at radius 3 is 2.46 bits per heavy atom. The van der Waals surface area contributed by atoms with Crippen LogP contribution in [0.4, 0.5) is 8.78 Å². The lowest BCUT2D eigenvalue weighted by molar-refractivity contribution is -0.120. The van der Waals surface area contributed by atoms with Crippen molar-refractivity contribution in [1.29, 1.82) is 0 Å². The minimum absolute atomic E-state index is 0.0362. The molecule has 3 rings (SSSR count). The smallest absolute Gasteiger partial charge is 0.245 e. The number of carbonyl (C=O) groups excluding carboxylic acids is 1. The lowest BCUT2D eigenvalue weighted by Gasteiger charge is -2.37. The molecule has 1 fully saturated rings. The summed E-state index contributed by atoms with van der Waals surface area (Å²) in [5.74, 6) is -1.95. The number of hydrogen-bond acceptors (Lipinski definition) is 4. The van der Waals surface area contributed by atoms with Gasteiger partial charge in [-0.15, -0.1) is 0 Å². The molecule has 2 aromatic rings. The van der Waals surface area contributed by atoms with Gasteiger partial charge in [-0.05, 0) is 42.8 Å². The quantitative estimate of drug-likeness (QED) is 0.791. The number of primary amides is 1. The summed E-state index contributed by atoms with van der Waals surface area (Å²) < 4.78 is 59.7. The molecule has 28 heavy (non-hydrogen) atoms. The van der Waals surface area contributed by atoms with E-state index in [4.69, 9.17) is 10.5 Å². The van der Waals surface area contributed by atoms with Crippen LogP contribution in [-0.2, 0) is 14.8 Å². The summed E-state index contributed by atoms with van der Waals surface area (Å²) >= 11 is 0. The van der Waals surface area contributed by atoms with Crippen LogP contribution in [0.1, 0.15) is 12.8 Å². The molecule has 0 aromatic heterocycles. The summed E-state index contributed by atoms with van der Waals surface area (Å²) in [7, 11) is -4.06. The number of carbonyl (C=O) groups is 1. The molecule has 0 bridgehead atoms. The van der Waals surface area contributed by atoms with Crippen LogP contribution in [0.25, 0.3) is 0 Å². The number of nitrogens with two attached hydrogens (primary N) is 1. The van der Waals surface area contributed by atoms with E-state index in [-0.39, 0.29) is 25.9 Å². The Bertz CT molecular complexity index is 951. The first kappa shape index (κ1) is 20.2. The second-order valence-corrected chi connectivity index (χ2v) is 8.53. The number of sulfonamides is 1. The molecule has 2 N–H and O–H groups in total. The molecule has 0 spiro atoms. The van der Waals surface area contributed by atoms with Crippen molar-refractivity contribution in [1.82, 2.24) is 4.31 Å². The molecule has 150 valence electrons. The van der Waals surface area contributed by atoms with Gasteiger partial charge in [-0.2, -0.15) is 4.31 Å². The Labute approximate surface area is 162 Å². The fourth-order valence-corrected chi connectivity index (χ4v) is 4.86. The average Bonchev–Trinajstić information content (AvgIpc) is 2.64. The highest BCUT2D eigenvalue weighted by Gasteiger charge is 2.38. The molecule has 1 saturated heterocycles. The molecular weight excluding hydrogens is 390 g/mol. The first-order valence-corrected chi connectivity index (χ1v) is 10.2. The third-order valence-electron chi connectivity index (χ3n) is 4.65. The molecule has 6 nitrogen and oxygen atoms in total. The third-order valence-corrected chi connectivity index (χ3v) is 6.54. The molecule has 1 aliphatic heterocycles. The zero-order valence-corrected chi connectivity index (χ0v) is 15.7. The fourth-order valence-electron chi connectivity index (χ4n) is 3.29. The topological polar surface area (TPSA) is 89.7 Å². The van der Waals surface area contributed by atoms with Gasteiger partial charge in [0.15, 0.2) is 0 Å². The monoisotopic (exact) mass is 410 g/mol. The fraction of sp³-hybridized carbons (Fsp3) is 0.316. The van der Waals surface area contributed by atoms with Crippen molar-refractivity contribution in [2.75, 3.05) is 13.1 Å². The van der Waals surface area contributed by atoms with E-state index in [2.05, 4.69) is 0 Å². The molecular formula is C19H20F2N2O4S. The summed E-state index contributed by atoms with van der Waals surface area (Å²) in [6, 6.07) is 10.5. The third kappa shape index (κ3) is 4.48. The van der Waals surface area contributed by atoms with Crippen LogP contribution in [0.3, 0.4) is 0 Å². The predicted molar refractivity (Wildman–Crippen MR) is 97.9 cm³/mol. The van der Waals surface area contributed by atoms with E-state index in [0.717, 1.165) is 10.4 Å². The van der Waals surface area contributed by atoms with Gasteiger partial charge < -0.3 is 10.5 Å². The van der Waals surface area contributed by atoms with Crippen LogP contribution < -0.4 is 10.5 Å². The SMILES string of the molecule is NC(=O)C[C@H]1CN(S(=O)(=O)c2ccccc2F)CC[C@@H]1Oc1ccc(F)cc1. The standard InChI is InChI=1S/C19H20F2N2O4S/c20-14-5-7-15(8-6-14)27-17-9-10-23(12-13(17)11-19(22)24)28(25,26)18-4-2-1-3-16(18)21/h1-8,13,17H,9-12H2,(H2,22,24)/t13-,17-/m0/s1. The van der Waals surface area contributed by atoms with E-state index in [9.17, 15) is 22.0 Å². The first-order valence-electron chi connectivity index (χ1n) is 8.72. The van der Waals surface area contributed by atoms with Gasteiger partial charge in [-0.1, -0.05) is 12.1 Å². The van der Waals surface area contributed by atoms with Crippen LogP contribution in [0.2, 0.25) is 0 Å². The van der Waals surface area contributed by atoms with E-state index < -0.39 is 44.5 Å². The molecule has 2 aromatic carbocycles. The van der Waals surface area contributed by atoms with Crippen molar-refractivity contribution in [3.63, 3.8) is 0 Å². The van der Waals surface area contributed by atoms with Gasteiger partial charge in [0, 0.05) is 25.4 Å². The lowest BCUT2D eigenvalue weighted by atomic mass is 9.92. The van der Waals surface area contributed by atoms with Gasteiger partial charge in [-0.25, -0.2) is 17.2 Å². The van der Waals surface area contributed by atoms with Gasteiger partial charge in [0.1, 0.15) is 28.4 Å². The molecule has 1 heterocycles. The number of piperidine rings is 1. The van der Waals surface area contributed by atoms with Crippen LogP contribution in [0, 0.1) is 17.6 Å². The summed E-state index contributed by atoms with van der Waals surface area (Å²) in [6.45, 7) is 0.0588. The molecule has 1 amide bonds. The van der Waals surface area contributed by atoms with Crippen LogP contribution >= 0.6 is 0 Å². The van der Waals surface area contributed by atoms with E-state index in [0.29, 0.717) is 5.75 Å². The maximum Gasteiger partial charge on any atom is 0.245 e. The minimum atomic E-state index is -4.06. The van der Waals surface area contributed by atoms with Crippen molar-refractivity contribution in [3.8, 4) is 5.75 Å². The van der Waals surface area contributed by atoms with Gasteiger partial charge in [-0.3, -0.25) is 4.79 Å². The van der Waals surface area contributed by atoms with Crippen molar-refractivity contribution >= 4 is 15.9 Å². The summed E-state index contributed by atoms with van der Waals surface area (Å²) in [6.07, 6.45) is -0.289. The van der Waals surface area contributed by atoms with Gasteiger partial charge in [0.05, 0.1) is 0 Å². The predicted octanol–water partition coefficient (Wildman–Crippen LogP) is 2.30. The van der Waals surface area contributed by atoms with E-state index in [1.54, 1.807) is 0 Å². The van der Waals surface area contributed by atoms with Crippen molar-refractivity contribution < 1.29 is 26.7 Å². The zero-order valence-electron chi connectivity index (χ0n) is 14.9. The normalized spacial score (nSPS) is 20.6. The first-order chi connectivity index (χ1) is 13.3. The van der Waals surface area contributed by atoms with Crippen LogP contribution in [0.5, 0.6) is 5.75 Å². The summed E-state index contributed by atoms with van der Waals surface area (Å²) in [5, 5.41) is 0. The molecule has 2 atom stereocenters. The second-order valence-electron chi connectivity index (χ2n) is 6.62. The summed E-state index contributed by atoms with van der Waals surface area (Å²) in [4.78, 5) is 11.1. The highest BCUT2D eigenvalue weighted by molar-refractivity contribution is 7.89. The van der Waals surface area contributed by atoms with Gasteiger partial charge in [0.2, 0.25) is 15.9 Å². The lowest BCUT2D eigenvalue weighted by Crippen LogP contribution is -2.49. The Kier molecular flexibility index (Phi) is 5.95. The van der Waals surface area contributed by atoms with Gasteiger partial charge in [0.25, 0.3) is 0 Å². The average molecular weight is 410 g/mol. The van der Waals surface area contributed by atoms with E-state index in [1.165, 1.54) is 42.5 Å². The second kappa shape index (κ2) is 8.24. The van der Waals surface area contributed by atoms with E-state index in [1.807, 2.05) is 0 Å². The number of rotatable bonds is 6. The Balaban J connectivity index is 1.81. The maximum absolute atomic E-state index is 14.0. The van der Waals surface area contributed by atoms with E-state index >= 15 is 0 Å². The number of ether oxygens (including phenoxy) is 1. The maximum atomic E-state index is 14.0. The highest BCUT2D eigenvalue weighted by Crippen LogP contribution is 2.29. The Morgan fingerprint density at radius 1 is 1.14 bits per heavy atom. The zero-order chi connectivity index (χ0) is 20.3. The molecule has 0 aliphatic carbocycles. The van der Waals surface area contributed by atoms with Crippen LogP contribution in [0.15, 0.2) is 53.4 Å². The summed E-state index contributed by atoms with van der Waals surface area (Å²) in [5.41, 5.74) is 5.32. The Hall–Kier alpha value is -2.52. The number of benzene rings is 2. The Morgan fingerprint density at radius 2 is 1.82 bits per heavy atom.